The summed E-state index contributed by atoms with van der Waals surface area (Å²) >= 11 is 0. The quantitative estimate of drug-likeness (QED) is 0.104. The molecule has 1 heterocycles. The van der Waals surface area contributed by atoms with E-state index in [2.05, 4.69) is 66.6 Å². The topological polar surface area (TPSA) is 43.7 Å². The molecule has 4 aliphatic carbocycles. The van der Waals surface area contributed by atoms with Crippen LogP contribution in [0.15, 0.2) is 60.7 Å². The fraction of sp³-hybridized carbons (Fsp3) is 0.160. The standard InChI is InChI=1S/C50H25NO2/c1-14-15(11-12-25(52)50(14)53)49-36-24(13-51(49)2)26-22-9-7-20-18-5-3-16-17-4-6-19-21-8-10-23-34-32(21)40-30(19)28(17)38-27(16)29(18)39-31(20)33(22)41-37(26)43(35(23)36)42(34)48-46(40)44(38)45(39)47(41)48/h3-12,17,19,28,30,49,52-53H,13H2,1-2H3. The van der Waals surface area contributed by atoms with Crippen LogP contribution in [-0.4, -0.2) is 22.2 Å². The summed E-state index contributed by atoms with van der Waals surface area (Å²) in [5.41, 5.74) is 11.2. The zero-order valence-corrected chi connectivity index (χ0v) is 28.7. The smallest absolute Gasteiger partial charge is 0.160 e. The van der Waals surface area contributed by atoms with E-state index in [-0.39, 0.29) is 17.5 Å². The number of rotatable bonds is 1. The molecule has 0 saturated heterocycles. The van der Waals surface area contributed by atoms with Crippen LogP contribution in [0.1, 0.15) is 74.2 Å². The summed E-state index contributed by atoms with van der Waals surface area (Å²) in [5.74, 6) is 1.77. The zero-order chi connectivity index (χ0) is 33.7. The molecule has 0 bridgehead atoms. The molecule has 5 atom stereocenters. The van der Waals surface area contributed by atoms with E-state index in [1.807, 2.05) is 6.92 Å². The van der Waals surface area contributed by atoms with Crippen LogP contribution in [-0.2, 0) is 6.54 Å². The first-order chi connectivity index (χ1) is 26.0. The summed E-state index contributed by atoms with van der Waals surface area (Å²) < 4.78 is 0. The molecule has 3 nitrogen and oxygen atoms in total. The minimum atomic E-state index is -0.0508. The van der Waals surface area contributed by atoms with E-state index in [4.69, 9.17) is 0 Å². The highest BCUT2D eigenvalue weighted by Gasteiger charge is 2.54. The fourth-order valence-electron chi connectivity index (χ4n) is 15.4. The Morgan fingerprint density at radius 2 is 0.943 bits per heavy atom. The van der Waals surface area contributed by atoms with Crippen LogP contribution in [0.3, 0.4) is 0 Å². The number of hydrogen-bond acceptors (Lipinski definition) is 3. The van der Waals surface area contributed by atoms with Crippen molar-refractivity contribution in [2.45, 2.75) is 43.2 Å². The van der Waals surface area contributed by atoms with Crippen molar-refractivity contribution in [3.8, 4) is 11.5 Å². The van der Waals surface area contributed by atoms with E-state index >= 15 is 0 Å². The predicted molar refractivity (Wildman–Crippen MR) is 216 cm³/mol. The van der Waals surface area contributed by atoms with E-state index in [1.54, 1.807) is 76.8 Å². The van der Waals surface area contributed by atoms with E-state index in [1.165, 1.54) is 81.1 Å². The van der Waals surface area contributed by atoms with Crippen LogP contribution >= 0.6 is 0 Å². The molecule has 3 heteroatoms. The summed E-state index contributed by atoms with van der Waals surface area (Å²) in [6.07, 6.45) is 5.24. The first kappa shape index (κ1) is 24.4. The Morgan fingerprint density at radius 3 is 1.66 bits per heavy atom. The monoisotopic (exact) mass is 671 g/mol. The van der Waals surface area contributed by atoms with E-state index in [9.17, 15) is 10.2 Å². The van der Waals surface area contributed by atoms with E-state index in [0.29, 0.717) is 23.7 Å². The molecule has 5 aliphatic rings. The van der Waals surface area contributed by atoms with Crippen LogP contribution in [0.25, 0.3) is 118 Å². The van der Waals surface area contributed by atoms with Gasteiger partial charge in [0.05, 0.1) is 6.04 Å². The highest BCUT2D eigenvalue weighted by Crippen LogP contribution is 2.75. The molecule has 2 N–H and O–H groups in total. The lowest BCUT2D eigenvalue weighted by Gasteiger charge is -2.37. The molecule has 0 fully saturated rings. The number of fused-ring (bicyclic) bond motifs is 8. The number of phenols is 2. The number of aromatic hydroxyl groups is 2. The van der Waals surface area contributed by atoms with Crippen molar-refractivity contribution in [3.63, 3.8) is 0 Å². The van der Waals surface area contributed by atoms with Crippen LogP contribution in [0.4, 0.5) is 0 Å². The first-order valence-electron chi connectivity index (χ1n) is 19.4. The molecule has 0 radical (unpaired) electrons. The van der Waals surface area contributed by atoms with Gasteiger partial charge in [0.2, 0.25) is 0 Å². The molecule has 18 rings (SSSR count). The largest absolute Gasteiger partial charge is 0.504 e. The van der Waals surface area contributed by atoms with Crippen molar-refractivity contribution >= 4 is 118 Å². The van der Waals surface area contributed by atoms with Gasteiger partial charge in [-0.05, 0) is 183 Å². The lowest BCUT2D eigenvalue weighted by molar-refractivity contribution is 0.303. The highest BCUT2D eigenvalue weighted by molar-refractivity contribution is 6.64. The van der Waals surface area contributed by atoms with Gasteiger partial charge in [-0.2, -0.15) is 0 Å². The maximum absolute atomic E-state index is 11.1. The van der Waals surface area contributed by atoms with Gasteiger partial charge in [0.15, 0.2) is 11.5 Å². The lowest BCUT2D eigenvalue weighted by Crippen LogP contribution is -2.22. The summed E-state index contributed by atoms with van der Waals surface area (Å²) in [4.78, 5) is 2.49. The summed E-state index contributed by atoms with van der Waals surface area (Å²) in [6, 6.07) is 18.7. The zero-order valence-electron chi connectivity index (χ0n) is 28.7. The van der Waals surface area contributed by atoms with Crippen LogP contribution in [0, 0.1) is 6.92 Å². The molecular weight excluding hydrogens is 647 g/mol. The number of nitrogens with zero attached hydrogens (tertiary/aromatic N) is 1. The molecule has 0 saturated carbocycles. The molecule has 5 unspecified atom stereocenters. The third-order valence-corrected chi connectivity index (χ3v) is 16.7. The lowest BCUT2D eigenvalue weighted by atomic mass is 9.65. The number of benzene rings is 9. The molecule has 13 aromatic rings. The molecule has 242 valence electrons. The Hall–Kier alpha value is -5.90. The van der Waals surface area contributed by atoms with Gasteiger partial charge in [0.1, 0.15) is 0 Å². The average molecular weight is 672 g/mol. The molecule has 0 spiro atoms. The Kier molecular flexibility index (Phi) is 3.04. The van der Waals surface area contributed by atoms with Gasteiger partial charge in [-0.15, -0.1) is 0 Å². The van der Waals surface area contributed by atoms with Gasteiger partial charge in [0.25, 0.3) is 0 Å². The molecule has 0 amide bonds. The Balaban J connectivity index is 1.24. The second-order valence-corrected chi connectivity index (χ2v) is 18.0. The van der Waals surface area contributed by atoms with Gasteiger partial charge in [-0.25, -0.2) is 0 Å². The minimum absolute atomic E-state index is 0.00512. The van der Waals surface area contributed by atoms with Gasteiger partial charge >= 0.3 is 0 Å². The fourth-order valence-corrected chi connectivity index (χ4v) is 15.4. The Bertz CT molecular complexity index is 4020. The third kappa shape index (κ3) is 1.87. The van der Waals surface area contributed by atoms with Gasteiger partial charge in [-0.1, -0.05) is 54.6 Å². The Morgan fingerprint density at radius 1 is 0.472 bits per heavy atom. The SMILES string of the molecule is Cc1c(C2c3c(c4c5ccc6c7ccc8c9c%10c%11c%12c%13c%14c(ccc%15c3c3c4c4c5c6c(c97)c%11c4c%12c3c%14%15)C3C=CC8C%10C%133)CN2C)ccc(O)c1O. The van der Waals surface area contributed by atoms with Gasteiger partial charge in [0, 0.05) is 30.2 Å². The number of allylic oxidation sites excluding steroid dienone is 2. The predicted octanol–water partition coefficient (Wildman–Crippen LogP) is 12.1. The van der Waals surface area contributed by atoms with Crippen LogP contribution in [0.5, 0.6) is 11.5 Å². The van der Waals surface area contributed by atoms with Crippen molar-refractivity contribution in [1.82, 2.24) is 4.90 Å². The van der Waals surface area contributed by atoms with E-state index in [0.717, 1.165) is 17.7 Å². The van der Waals surface area contributed by atoms with Crippen LogP contribution < -0.4 is 0 Å². The average Bonchev–Trinajstić information content (AvgIpc) is 4.02. The van der Waals surface area contributed by atoms with Crippen molar-refractivity contribution in [1.29, 1.82) is 0 Å². The molecule has 0 aromatic heterocycles. The molecule has 13 aromatic carbocycles. The second-order valence-electron chi connectivity index (χ2n) is 18.0. The third-order valence-electron chi connectivity index (χ3n) is 16.7. The van der Waals surface area contributed by atoms with Crippen molar-refractivity contribution in [3.05, 3.63) is 105 Å². The normalized spacial score (nSPS) is 24.5. The van der Waals surface area contributed by atoms with Crippen molar-refractivity contribution in [2.24, 2.45) is 0 Å². The Labute approximate surface area is 299 Å². The molecule has 1 aliphatic heterocycles. The molecule has 53 heavy (non-hydrogen) atoms. The summed E-state index contributed by atoms with van der Waals surface area (Å²) in [7, 11) is 2.26. The van der Waals surface area contributed by atoms with Gasteiger partial charge < -0.3 is 10.2 Å². The number of hydrogen-bond donors (Lipinski definition) is 2. The highest BCUT2D eigenvalue weighted by atomic mass is 16.3. The maximum atomic E-state index is 11.1. The van der Waals surface area contributed by atoms with Crippen molar-refractivity contribution in [2.75, 3.05) is 7.05 Å². The van der Waals surface area contributed by atoms with Crippen molar-refractivity contribution < 1.29 is 10.2 Å². The number of phenolic OH excluding ortho intramolecular Hbond substituents is 2. The molecular formula is C50H25NO2. The maximum Gasteiger partial charge on any atom is 0.160 e. The van der Waals surface area contributed by atoms with E-state index < -0.39 is 0 Å². The van der Waals surface area contributed by atoms with Crippen LogP contribution in [0.2, 0.25) is 0 Å². The first-order valence-corrected chi connectivity index (χ1v) is 19.4. The van der Waals surface area contributed by atoms with Gasteiger partial charge in [-0.3, -0.25) is 4.90 Å². The summed E-state index contributed by atoms with van der Waals surface area (Å²) in [5, 5.41) is 55.0. The minimum Gasteiger partial charge on any atom is -0.504 e. The summed E-state index contributed by atoms with van der Waals surface area (Å²) in [6.45, 7) is 2.81. The second kappa shape index (κ2) is 6.61.